The van der Waals surface area contributed by atoms with E-state index in [2.05, 4.69) is 67.6 Å². The van der Waals surface area contributed by atoms with Crippen LogP contribution in [0.3, 0.4) is 0 Å². The van der Waals surface area contributed by atoms with Gasteiger partial charge in [-0.3, -0.25) is 0 Å². The third kappa shape index (κ3) is 3.80. The molecule has 5 unspecified atom stereocenters. The van der Waals surface area contributed by atoms with E-state index in [-0.39, 0.29) is 18.2 Å². The second-order valence-corrected chi connectivity index (χ2v) is 10.5. The molecule has 3 aromatic carbocycles. The summed E-state index contributed by atoms with van der Waals surface area (Å²) in [7, 11) is 0. The maximum Gasteiger partial charge on any atom is 0.344 e. The fourth-order valence-corrected chi connectivity index (χ4v) is 7.03. The number of carbonyl (C=O) groups excluding carboxylic acids is 1. The fraction of sp³-hybridized carbons (Fsp3) is 0.367. The van der Waals surface area contributed by atoms with Gasteiger partial charge in [-0.2, -0.15) is 0 Å². The lowest BCUT2D eigenvalue weighted by atomic mass is 9.73. The highest BCUT2D eigenvalue weighted by Gasteiger charge is 2.62. The first-order valence-electron chi connectivity index (χ1n) is 12.5. The highest BCUT2D eigenvalue weighted by atomic mass is 16.6. The summed E-state index contributed by atoms with van der Waals surface area (Å²) in [6, 6.07) is 28.8. The third-order valence-electron chi connectivity index (χ3n) is 8.50. The molecule has 0 aromatic heterocycles. The molecule has 0 saturated heterocycles. The quantitative estimate of drug-likeness (QED) is 0.472. The van der Waals surface area contributed by atoms with Crippen LogP contribution in [0.5, 0.6) is 5.75 Å². The molecule has 4 aliphatic rings. The molecule has 174 valence electrons. The van der Waals surface area contributed by atoms with Crippen LogP contribution in [-0.2, 0) is 9.53 Å². The van der Waals surface area contributed by atoms with E-state index in [0.29, 0.717) is 17.6 Å². The van der Waals surface area contributed by atoms with Gasteiger partial charge in [0, 0.05) is 18.1 Å². The summed E-state index contributed by atoms with van der Waals surface area (Å²) in [6.07, 6.45) is 5.02. The van der Waals surface area contributed by atoms with E-state index in [4.69, 9.17) is 9.47 Å². The number of hydrogen-bond donors (Lipinski definition) is 1. The van der Waals surface area contributed by atoms with E-state index in [1.165, 1.54) is 42.0 Å². The van der Waals surface area contributed by atoms with Crippen LogP contribution in [0.1, 0.15) is 32.6 Å². The number of hydrogen-bond acceptors (Lipinski definition) is 3. The Morgan fingerprint density at radius 3 is 2.06 bits per heavy atom. The second-order valence-electron chi connectivity index (χ2n) is 10.5. The lowest BCUT2D eigenvalue weighted by Crippen LogP contribution is -2.96. The van der Waals surface area contributed by atoms with Crippen LogP contribution in [0.2, 0.25) is 0 Å². The lowest BCUT2D eigenvalue weighted by molar-refractivity contribution is -0.681. The van der Waals surface area contributed by atoms with E-state index < -0.39 is 0 Å². The monoisotopic (exact) mass is 454 g/mol. The summed E-state index contributed by atoms with van der Waals surface area (Å²) in [6.45, 7) is 2.12. The van der Waals surface area contributed by atoms with Crippen molar-refractivity contribution in [3.8, 4) is 5.75 Å². The predicted molar refractivity (Wildman–Crippen MR) is 132 cm³/mol. The van der Waals surface area contributed by atoms with Gasteiger partial charge in [-0.15, -0.1) is 0 Å². The van der Waals surface area contributed by atoms with Crippen molar-refractivity contribution in [2.75, 3.05) is 6.61 Å². The molecular weight excluding hydrogens is 422 g/mol. The average molecular weight is 455 g/mol. The Bertz CT molecular complexity index is 1100. The molecule has 4 heteroatoms. The van der Waals surface area contributed by atoms with Gasteiger partial charge in [0.1, 0.15) is 28.4 Å². The molecule has 0 aliphatic heterocycles. The van der Waals surface area contributed by atoms with E-state index in [1.807, 2.05) is 24.3 Å². The van der Waals surface area contributed by atoms with Crippen LogP contribution in [0.4, 0.5) is 17.1 Å². The van der Waals surface area contributed by atoms with Crippen LogP contribution in [0.15, 0.2) is 84.9 Å². The third-order valence-corrected chi connectivity index (χ3v) is 8.50. The van der Waals surface area contributed by atoms with Crippen molar-refractivity contribution in [2.45, 2.75) is 38.2 Å². The summed E-state index contributed by atoms with van der Waals surface area (Å²) in [5, 5.41) is 0. The van der Waals surface area contributed by atoms with E-state index in [9.17, 15) is 4.79 Å². The molecular formula is C30H32NO3+. The van der Waals surface area contributed by atoms with Gasteiger partial charge in [-0.25, -0.2) is 9.69 Å². The minimum absolute atomic E-state index is 0.0452. The van der Waals surface area contributed by atoms with Crippen LogP contribution in [-0.4, -0.2) is 18.2 Å². The van der Waals surface area contributed by atoms with Crippen molar-refractivity contribution in [1.29, 1.82) is 0 Å². The molecule has 0 heterocycles. The van der Waals surface area contributed by atoms with Crippen LogP contribution in [0, 0.1) is 23.7 Å². The molecule has 0 amide bonds. The average Bonchev–Trinajstić information content (AvgIpc) is 3.26. The number of benzene rings is 3. The summed E-state index contributed by atoms with van der Waals surface area (Å²) < 4.78 is 11.9. The lowest BCUT2D eigenvalue weighted by Gasteiger charge is -2.41. The number of ether oxygens (including phenoxy) is 2. The Hall–Kier alpha value is -3.11. The maximum atomic E-state index is 12.7. The molecule has 4 bridgehead atoms. The van der Waals surface area contributed by atoms with Crippen molar-refractivity contribution >= 4 is 23.0 Å². The zero-order valence-corrected chi connectivity index (χ0v) is 19.7. The van der Waals surface area contributed by atoms with Crippen molar-refractivity contribution in [1.82, 2.24) is 0 Å². The van der Waals surface area contributed by atoms with Gasteiger partial charge in [0.25, 0.3) is 0 Å². The molecule has 3 aromatic rings. The Kier molecular flexibility index (Phi) is 5.41. The summed E-state index contributed by atoms with van der Waals surface area (Å²) in [5.41, 5.74) is 3.15. The predicted octanol–water partition coefficient (Wildman–Crippen LogP) is 5.61. The Balaban J connectivity index is 1.13. The number of esters is 1. The summed E-state index contributed by atoms with van der Waals surface area (Å²) >= 11 is 0. The van der Waals surface area contributed by atoms with Gasteiger partial charge in [0.2, 0.25) is 0 Å². The van der Waals surface area contributed by atoms with E-state index in [0.717, 1.165) is 17.5 Å². The molecule has 0 radical (unpaired) electrons. The van der Waals surface area contributed by atoms with Gasteiger partial charge in [-0.1, -0.05) is 36.4 Å². The number of para-hydroxylation sites is 2. The molecule has 7 rings (SSSR count). The Labute approximate surface area is 201 Å². The second kappa shape index (κ2) is 8.59. The molecule has 4 saturated carbocycles. The van der Waals surface area contributed by atoms with Crippen molar-refractivity contribution in [3.63, 3.8) is 0 Å². The van der Waals surface area contributed by atoms with E-state index in [1.54, 1.807) is 0 Å². The number of rotatable bonds is 7. The molecule has 4 nitrogen and oxygen atoms in total. The van der Waals surface area contributed by atoms with Crippen molar-refractivity contribution in [3.05, 3.63) is 84.9 Å². The standard InChI is InChI=1S/C30H31NO3/c1-30(23-17-21-16-22(19-23)28(30)18-21)34-29(32)20-33-27-14-12-26(13-15-27)31(24-8-4-2-5-9-24)25-10-6-3-7-11-25/h2-15,21-23,28H,16-20H2,1H3/p+1. The molecule has 4 fully saturated rings. The van der Waals surface area contributed by atoms with Gasteiger partial charge >= 0.3 is 5.97 Å². The SMILES string of the molecule is CC1(OC(=O)COc2ccc([NH+](c3ccccc3)c3ccccc3)cc2)C2CC3CC(C2)C1C3. The first-order valence-corrected chi connectivity index (χ1v) is 12.5. The fourth-order valence-electron chi connectivity index (χ4n) is 7.03. The number of quaternary nitrogens is 1. The number of carbonyl (C=O) groups is 1. The molecule has 34 heavy (non-hydrogen) atoms. The molecule has 5 atom stereocenters. The van der Waals surface area contributed by atoms with E-state index >= 15 is 0 Å². The normalized spacial score (nSPS) is 28.9. The minimum atomic E-state index is -0.294. The van der Waals surface area contributed by atoms with Crippen LogP contribution < -0.4 is 9.64 Å². The molecule has 4 aliphatic carbocycles. The largest absolute Gasteiger partial charge is 0.482 e. The Morgan fingerprint density at radius 2 is 1.44 bits per heavy atom. The number of nitrogens with one attached hydrogen (secondary N) is 1. The zero-order valence-electron chi connectivity index (χ0n) is 19.7. The van der Waals surface area contributed by atoms with Gasteiger partial charge in [0.05, 0.1) is 0 Å². The van der Waals surface area contributed by atoms with Gasteiger partial charge in [-0.05, 0) is 86.8 Å². The first-order chi connectivity index (χ1) is 16.6. The maximum absolute atomic E-state index is 12.7. The van der Waals surface area contributed by atoms with Crippen molar-refractivity contribution < 1.29 is 19.2 Å². The highest BCUT2D eigenvalue weighted by molar-refractivity contribution is 5.72. The highest BCUT2D eigenvalue weighted by Crippen LogP contribution is 2.63. The van der Waals surface area contributed by atoms with Crippen molar-refractivity contribution in [2.24, 2.45) is 23.7 Å². The van der Waals surface area contributed by atoms with Gasteiger partial charge in [0.15, 0.2) is 6.61 Å². The zero-order chi connectivity index (χ0) is 23.1. The molecule has 0 spiro atoms. The first kappa shape index (κ1) is 21.4. The minimum Gasteiger partial charge on any atom is -0.482 e. The smallest absolute Gasteiger partial charge is 0.344 e. The van der Waals surface area contributed by atoms with Gasteiger partial charge < -0.3 is 9.47 Å². The Morgan fingerprint density at radius 1 is 0.824 bits per heavy atom. The summed E-state index contributed by atoms with van der Waals surface area (Å²) in [4.78, 5) is 13.9. The topological polar surface area (TPSA) is 40.0 Å². The molecule has 1 N–H and O–H groups in total. The van der Waals surface area contributed by atoms with Crippen LogP contribution >= 0.6 is 0 Å². The van der Waals surface area contributed by atoms with Crippen LogP contribution in [0.25, 0.3) is 0 Å². The summed E-state index contributed by atoms with van der Waals surface area (Å²) in [5.74, 6) is 3.13.